The van der Waals surface area contributed by atoms with E-state index in [1.54, 1.807) is 6.08 Å². The van der Waals surface area contributed by atoms with Gasteiger partial charge in [0.25, 0.3) is 0 Å². The van der Waals surface area contributed by atoms with Crippen LogP contribution in [0.4, 0.5) is 0 Å². The molecule has 1 aliphatic carbocycles. The van der Waals surface area contributed by atoms with Crippen molar-refractivity contribution in [1.29, 1.82) is 0 Å². The van der Waals surface area contributed by atoms with E-state index in [-0.39, 0.29) is 30.0 Å². The summed E-state index contributed by atoms with van der Waals surface area (Å²) in [4.78, 5) is 0. The highest BCUT2D eigenvalue weighted by Gasteiger charge is 2.49. The van der Waals surface area contributed by atoms with Crippen LogP contribution in [0.5, 0.6) is 11.5 Å². The van der Waals surface area contributed by atoms with Gasteiger partial charge in [-0.1, -0.05) is 62.4 Å². The summed E-state index contributed by atoms with van der Waals surface area (Å²) < 4.78 is 12.4. The third kappa shape index (κ3) is 4.96. The second-order valence-corrected chi connectivity index (χ2v) is 10.7. The van der Waals surface area contributed by atoms with Gasteiger partial charge in [-0.15, -0.1) is 0 Å². The number of rotatable bonds is 8. The minimum Gasteiger partial charge on any atom is -0.489 e. The molecular formula is C28H36O5. The van der Waals surface area contributed by atoms with Gasteiger partial charge < -0.3 is 24.8 Å². The zero-order chi connectivity index (χ0) is 23.8. The van der Waals surface area contributed by atoms with E-state index in [4.69, 9.17) is 9.47 Å². The number of ether oxygens (including phenoxy) is 2. The van der Waals surface area contributed by atoms with E-state index in [1.165, 1.54) is 0 Å². The van der Waals surface area contributed by atoms with E-state index in [2.05, 4.69) is 12.1 Å². The molecule has 5 heteroatoms. The van der Waals surface area contributed by atoms with Gasteiger partial charge in [0.2, 0.25) is 0 Å². The Morgan fingerprint density at radius 3 is 2.52 bits per heavy atom. The van der Waals surface area contributed by atoms with E-state index in [9.17, 15) is 15.3 Å². The highest BCUT2D eigenvalue weighted by molar-refractivity contribution is 5.49. The summed E-state index contributed by atoms with van der Waals surface area (Å²) in [5.74, 6) is 1.48. The molecule has 2 aromatic rings. The van der Waals surface area contributed by atoms with Crippen LogP contribution in [0.1, 0.15) is 51.2 Å². The van der Waals surface area contributed by atoms with Crippen molar-refractivity contribution in [3.8, 4) is 11.5 Å². The van der Waals surface area contributed by atoms with Crippen LogP contribution in [0.15, 0.2) is 60.7 Å². The Bertz CT molecular complexity index is 981. The van der Waals surface area contributed by atoms with E-state index in [0.717, 1.165) is 23.3 Å². The highest BCUT2D eigenvalue weighted by Crippen LogP contribution is 2.52. The lowest BCUT2D eigenvalue weighted by Crippen LogP contribution is -2.41. The van der Waals surface area contributed by atoms with Gasteiger partial charge in [-0.25, -0.2) is 0 Å². The molecule has 1 fully saturated rings. The van der Waals surface area contributed by atoms with Crippen LogP contribution in [0.3, 0.4) is 0 Å². The Labute approximate surface area is 196 Å². The number of aliphatic hydroxyl groups excluding tert-OH is 3. The number of fused-ring (bicyclic) bond motifs is 3. The largest absolute Gasteiger partial charge is 0.489 e. The molecule has 5 atom stereocenters. The fraction of sp³-hybridized carbons (Fsp3) is 0.500. The Morgan fingerprint density at radius 1 is 1.09 bits per heavy atom. The number of hydrogen-bond acceptors (Lipinski definition) is 5. The topological polar surface area (TPSA) is 79.2 Å². The van der Waals surface area contributed by atoms with Gasteiger partial charge in [0.1, 0.15) is 29.3 Å². The van der Waals surface area contributed by atoms with Crippen LogP contribution in [-0.2, 0) is 6.42 Å². The molecule has 1 heterocycles. The Balaban J connectivity index is 1.53. The Morgan fingerprint density at radius 2 is 1.82 bits per heavy atom. The van der Waals surface area contributed by atoms with Crippen molar-refractivity contribution < 1.29 is 24.8 Å². The van der Waals surface area contributed by atoms with Crippen molar-refractivity contribution >= 4 is 0 Å². The number of para-hydroxylation sites is 2. The van der Waals surface area contributed by atoms with Gasteiger partial charge in [-0.2, -0.15) is 0 Å². The molecule has 0 bridgehead atoms. The molecule has 33 heavy (non-hydrogen) atoms. The minimum absolute atomic E-state index is 0.0359. The molecule has 1 saturated carbocycles. The first kappa shape index (κ1) is 23.8. The van der Waals surface area contributed by atoms with Gasteiger partial charge in [-0.3, -0.25) is 0 Å². The molecule has 178 valence electrons. The van der Waals surface area contributed by atoms with Crippen LogP contribution < -0.4 is 9.47 Å². The normalized spacial score (nSPS) is 25.5. The van der Waals surface area contributed by atoms with E-state index < -0.39 is 17.8 Å². The third-order valence-electron chi connectivity index (χ3n) is 6.94. The average molecular weight is 453 g/mol. The van der Waals surface area contributed by atoms with Crippen LogP contribution in [-0.4, -0.2) is 45.8 Å². The molecule has 0 saturated heterocycles. The first-order valence-corrected chi connectivity index (χ1v) is 11.8. The van der Waals surface area contributed by atoms with Crippen molar-refractivity contribution in [3.05, 3.63) is 71.8 Å². The van der Waals surface area contributed by atoms with Crippen LogP contribution in [0.25, 0.3) is 0 Å². The summed E-state index contributed by atoms with van der Waals surface area (Å²) in [6, 6.07) is 15.6. The van der Waals surface area contributed by atoms with Crippen molar-refractivity contribution in [2.45, 2.75) is 70.4 Å². The molecular weight excluding hydrogens is 416 g/mol. The summed E-state index contributed by atoms with van der Waals surface area (Å²) in [6.07, 6.45) is 3.48. The molecule has 5 nitrogen and oxygen atoms in total. The fourth-order valence-electron chi connectivity index (χ4n) is 5.00. The quantitative estimate of drug-likeness (QED) is 0.522. The van der Waals surface area contributed by atoms with Crippen LogP contribution in [0, 0.1) is 11.3 Å². The second kappa shape index (κ2) is 9.13. The van der Waals surface area contributed by atoms with Gasteiger partial charge >= 0.3 is 0 Å². The smallest absolute Gasteiger partial charge is 0.133 e. The first-order chi connectivity index (χ1) is 15.6. The SMILES string of the molecule is CC(C)(CO)Cc1cccc2c1O[C@H]1C[C@@H](O)C(/C=C/[C@@H](O)C(C)(C)Oc3ccccc3)[C@@H]21. The Hall–Kier alpha value is -2.34. The van der Waals surface area contributed by atoms with Crippen molar-refractivity contribution in [2.75, 3.05) is 6.61 Å². The zero-order valence-corrected chi connectivity index (χ0v) is 19.9. The highest BCUT2D eigenvalue weighted by atomic mass is 16.5. The maximum Gasteiger partial charge on any atom is 0.133 e. The Kier molecular flexibility index (Phi) is 6.59. The molecule has 1 unspecified atom stereocenters. The molecule has 0 radical (unpaired) electrons. The summed E-state index contributed by atoms with van der Waals surface area (Å²) >= 11 is 0. The van der Waals surface area contributed by atoms with Crippen molar-refractivity contribution in [1.82, 2.24) is 0 Å². The lowest BCUT2D eigenvalue weighted by atomic mass is 9.83. The molecule has 0 amide bonds. The fourth-order valence-corrected chi connectivity index (χ4v) is 5.00. The summed E-state index contributed by atoms with van der Waals surface area (Å²) in [6.45, 7) is 7.89. The first-order valence-electron chi connectivity index (χ1n) is 11.8. The predicted octanol–water partition coefficient (Wildman–Crippen LogP) is 4.25. The third-order valence-corrected chi connectivity index (χ3v) is 6.94. The maximum absolute atomic E-state index is 10.9. The van der Waals surface area contributed by atoms with Gasteiger partial charge in [-0.05, 0) is 43.4 Å². The van der Waals surface area contributed by atoms with E-state index in [1.807, 2.05) is 70.2 Å². The van der Waals surface area contributed by atoms with E-state index >= 15 is 0 Å². The van der Waals surface area contributed by atoms with Gasteiger partial charge in [0.05, 0.1) is 6.10 Å². The van der Waals surface area contributed by atoms with Gasteiger partial charge in [0, 0.05) is 30.4 Å². The molecule has 4 rings (SSSR count). The number of aliphatic hydroxyl groups is 3. The van der Waals surface area contributed by atoms with Crippen LogP contribution in [0.2, 0.25) is 0 Å². The second-order valence-electron chi connectivity index (χ2n) is 10.7. The minimum atomic E-state index is -0.845. The summed E-state index contributed by atoms with van der Waals surface area (Å²) in [7, 11) is 0. The summed E-state index contributed by atoms with van der Waals surface area (Å²) in [5, 5.41) is 31.4. The predicted molar refractivity (Wildman–Crippen MR) is 129 cm³/mol. The number of hydrogen-bond donors (Lipinski definition) is 3. The van der Waals surface area contributed by atoms with E-state index in [0.29, 0.717) is 12.2 Å². The monoisotopic (exact) mass is 452 g/mol. The van der Waals surface area contributed by atoms with Crippen molar-refractivity contribution in [2.24, 2.45) is 11.3 Å². The van der Waals surface area contributed by atoms with Crippen LogP contribution >= 0.6 is 0 Å². The zero-order valence-electron chi connectivity index (χ0n) is 19.9. The summed E-state index contributed by atoms with van der Waals surface area (Å²) in [5.41, 5.74) is 1.14. The van der Waals surface area contributed by atoms with Crippen molar-refractivity contribution in [3.63, 3.8) is 0 Å². The average Bonchev–Trinajstić information content (AvgIpc) is 3.27. The molecule has 0 spiro atoms. The standard InChI is InChI=1S/C28H36O5/c1-27(2,17-29)16-18-9-8-12-21-25-20(22(30)15-23(25)32-26(18)21)13-14-24(31)28(3,4)33-19-10-6-5-7-11-19/h5-14,20,22-25,29-31H,15-17H2,1-4H3/b14-13+/t20?,22-,23+,24-,25+/m1/s1. The molecule has 2 aromatic carbocycles. The molecule has 1 aliphatic heterocycles. The molecule has 2 aliphatic rings. The lowest BCUT2D eigenvalue weighted by molar-refractivity contribution is -0.00221. The van der Waals surface area contributed by atoms with Gasteiger partial charge in [0.15, 0.2) is 0 Å². The molecule has 0 aromatic heterocycles. The maximum atomic E-state index is 10.9. The number of benzene rings is 2. The molecule has 3 N–H and O–H groups in total. The lowest BCUT2D eigenvalue weighted by Gasteiger charge is -2.30.